The number of carbonyl (C=O) groups excluding carboxylic acids is 1. The number of fused-ring (bicyclic) bond motifs is 2. The van der Waals surface area contributed by atoms with Crippen molar-refractivity contribution >= 4 is 28.2 Å². The molecule has 0 unspecified atom stereocenters. The van der Waals surface area contributed by atoms with Crippen molar-refractivity contribution in [2.75, 3.05) is 11.4 Å². The van der Waals surface area contributed by atoms with E-state index in [1.165, 1.54) is 17.0 Å². The largest absolute Gasteiger partial charge is 0.505 e. The molecule has 0 fully saturated rings. The first-order chi connectivity index (χ1) is 12.1. The highest BCUT2D eigenvalue weighted by Crippen LogP contribution is 2.34. The zero-order chi connectivity index (χ0) is 17.6. The van der Waals surface area contributed by atoms with Gasteiger partial charge in [0.05, 0.1) is 10.5 Å². The van der Waals surface area contributed by atoms with Gasteiger partial charge >= 0.3 is 0 Å². The normalized spacial score (nSPS) is 13.0. The minimum atomic E-state index is -0.453. The number of nitro benzene ring substituents is 1. The van der Waals surface area contributed by atoms with Crippen LogP contribution in [0.5, 0.6) is 5.75 Å². The van der Waals surface area contributed by atoms with Gasteiger partial charge < -0.3 is 10.0 Å². The number of aromatic nitrogens is 1. The number of phenols is 1. The molecular formula is C18H13N3O4. The summed E-state index contributed by atoms with van der Waals surface area (Å²) >= 11 is 0. The second kappa shape index (κ2) is 5.55. The van der Waals surface area contributed by atoms with Crippen LogP contribution in [0, 0.1) is 10.1 Å². The van der Waals surface area contributed by atoms with Crippen LogP contribution in [-0.4, -0.2) is 27.5 Å². The van der Waals surface area contributed by atoms with Crippen molar-refractivity contribution in [2.45, 2.75) is 6.42 Å². The van der Waals surface area contributed by atoms with Crippen LogP contribution in [0.15, 0.2) is 48.7 Å². The molecule has 2 aromatic carbocycles. The van der Waals surface area contributed by atoms with Crippen LogP contribution in [0.3, 0.4) is 0 Å². The molecule has 7 nitrogen and oxygen atoms in total. The van der Waals surface area contributed by atoms with Gasteiger partial charge in [0.1, 0.15) is 5.52 Å². The van der Waals surface area contributed by atoms with Gasteiger partial charge in [-0.25, -0.2) is 0 Å². The van der Waals surface area contributed by atoms with Crippen molar-refractivity contribution < 1.29 is 14.8 Å². The Hall–Kier alpha value is -3.48. The van der Waals surface area contributed by atoms with Crippen molar-refractivity contribution in [3.8, 4) is 5.75 Å². The fourth-order valence-corrected chi connectivity index (χ4v) is 3.16. The third kappa shape index (κ3) is 2.37. The van der Waals surface area contributed by atoms with Gasteiger partial charge in [0.2, 0.25) is 0 Å². The lowest BCUT2D eigenvalue weighted by Crippen LogP contribution is -2.28. The minimum absolute atomic E-state index is 0.00537. The number of benzene rings is 2. The van der Waals surface area contributed by atoms with Gasteiger partial charge in [-0.2, -0.15) is 0 Å². The van der Waals surface area contributed by atoms with E-state index in [4.69, 9.17) is 0 Å². The minimum Gasteiger partial charge on any atom is -0.505 e. The first-order valence-corrected chi connectivity index (χ1v) is 7.72. The molecule has 0 saturated carbocycles. The summed E-state index contributed by atoms with van der Waals surface area (Å²) in [7, 11) is 0. The van der Waals surface area contributed by atoms with E-state index in [0.717, 1.165) is 10.9 Å². The van der Waals surface area contributed by atoms with Crippen LogP contribution < -0.4 is 4.90 Å². The smallest absolute Gasteiger partial charge is 0.269 e. The number of rotatable bonds is 2. The molecule has 2 heterocycles. The van der Waals surface area contributed by atoms with Gasteiger partial charge in [0.25, 0.3) is 11.6 Å². The van der Waals surface area contributed by atoms with Crippen molar-refractivity contribution in [1.29, 1.82) is 0 Å². The Morgan fingerprint density at radius 1 is 1.24 bits per heavy atom. The Bertz CT molecular complexity index is 1030. The molecule has 0 bridgehead atoms. The third-order valence-electron chi connectivity index (χ3n) is 4.39. The van der Waals surface area contributed by atoms with E-state index < -0.39 is 4.92 Å². The third-order valence-corrected chi connectivity index (χ3v) is 4.39. The average molecular weight is 335 g/mol. The van der Waals surface area contributed by atoms with E-state index >= 15 is 0 Å². The van der Waals surface area contributed by atoms with E-state index in [0.29, 0.717) is 24.2 Å². The van der Waals surface area contributed by atoms with Gasteiger partial charge in [0.15, 0.2) is 5.75 Å². The summed E-state index contributed by atoms with van der Waals surface area (Å²) in [6, 6.07) is 11.3. The summed E-state index contributed by atoms with van der Waals surface area (Å²) in [5.41, 5.74) is 1.93. The molecule has 4 rings (SSSR count). The van der Waals surface area contributed by atoms with Gasteiger partial charge in [-0.05, 0) is 30.2 Å². The second-order valence-corrected chi connectivity index (χ2v) is 5.81. The Morgan fingerprint density at radius 2 is 2.08 bits per heavy atom. The first-order valence-electron chi connectivity index (χ1n) is 7.72. The second-order valence-electron chi connectivity index (χ2n) is 5.81. The fraction of sp³-hybridized carbons (Fsp3) is 0.111. The molecule has 0 atom stereocenters. The number of hydrogen-bond acceptors (Lipinski definition) is 5. The summed E-state index contributed by atoms with van der Waals surface area (Å²) in [5.74, 6) is -0.504. The molecule has 0 radical (unpaired) electrons. The molecule has 0 aliphatic carbocycles. The predicted octanol–water partition coefficient (Wildman–Crippen LogP) is 3.05. The van der Waals surface area contributed by atoms with Crippen LogP contribution in [0.4, 0.5) is 11.4 Å². The SMILES string of the molecule is O=C(c1ccc2cccnc2c1O)N1CCc2cc([N+](=O)[O-])ccc21. The summed E-state index contributed by atoms with van der Waals surface area (Å²) < 4.78 is 0. The fourth-order valence-electron chi connectivity index (χ4n) is 3.16. The lowest BCUT2D eigenvalue weighted by Gasteiger charge is -2.18. The highest BCUT2D eigenvalue weighted by molar-refractivity contribution is 6.11. The van der Waals surface area contributed by atoms with E-state index in [1.54, 1.807) is 36.5 Å². The molecule has 0 saturated heterocycles. The molecule has 124 valence electrons. The standard InChI is InChI=1S/C18H13N3O4/c22-17-14(5-3-11-2-1-8-19-16(11)17)18(23)20-9-7-12-10-13(21(24)25)4-6-15(12)20/h1-6,8,10,22H,7,9H2. The number of hydrogen-bond donors (Lipinski definition) is 1. The first kappa shape index (κ1) is 15.1. The molecule has 1 amide bonds. The molecule has 25 heavy (non-hydrogen) atoms. The average Bonchev–Trinajstić information content (AvgIpc) is 3.05. The number of amides is 1. The molecular weight excluding hydrogens is 322 g/mol. The monoisotopic (exact) mass is 335 g/mol. The van der Waals surface area contributed by atoms with Crippen LogP contribution in [0.1, 0.15) is 15.9 Å². The number of anilines is 1. The summed E-state index contributed by atoms with van der Waals surface area (Å²) in [5, 5.41) is 22.1. The predicted molar refractivity (Wildman–Crippen MR) is 91.9 cm³/mol. The Labute approximate surface area is 142 Å². The van der Waals surface area contributed by atoms with Gasteiger partial charge in [0, 0.05) is 35.9 Å². The highest BCUT2D eigenvalue weighted by atomic mass is 16.6. The summed E-state index contributed by atoms with van der Waals surface area (Å²) in [4.78, 5) is 29.0. The molecule has 7 heteroatoms. The van der Waals surface area contributed by atoms with Crippen molar-refractivity contribution in [1.82, 2.24) is 4.98 Å². The Kier molecular flexibility index (Phi) is 3.35. The Morgan fingerprint density at radius 3 is 2.88 bits per heavy atom. The Balaban J connectivity index is 1.74. The van der Waals surface area contributed by atoms with Gasteiger partial charge in [-0.15, -0.1) is 0 Å². The maximum absolute atomic E-state index is 12.9. The molecule has 1 N–H and O–H groups in total. The van der Waals surface area contributed by atoms with Crippen molar-refractivity contribution in [3.63, 3.8) is 0 Å². The number of nitro groups is 1. The summed E-state index contributed by atoms with van der Waals surface area (Å²) in [6.07, 6.45) is 2.09. The van der Waals surface area contributed by atoms with Crippen LogP contribution >= 0.6 is 0 Å². The number of pyridine rings is 1. The van der Waals surface area contributed by atoms with E-state index in [1.807, 2.05) is 0 Å². The van der Waals surface area contributed by atoms with E-state index in [-0.39, 0.29) is 22.9 Å². The van der Waals surface area contributed by atoms with Crippen molar-refractivity contribution in [2.24, 2.45) is 0 Å². The quantitative estimate of drug-likeness (QED) is 0.573. The van der Waals surface area contributed by atoms with Crippen molar-refractivity contribution in [3.05, 3.63) is 69.9 Å². The molecule has 3 aromatic rings. The van der Waals surface area contributed by atoms with Crippen LogP contribution in [-0.2, 0) is 6.42 Å². The topological polar surface area (TPSA) is 96.6 Å². The number of aromatic hydroxyl groups is 1. The van der Waals surface area contributed by atoms with Crippen LogP contribution in [0.2, 0.25) is 0 Å². The lowest BCUT2D eigenvalue weighted by atomic mass is 10.1. The number of phenolic OH excluding ortho intramolecular Hbond substituents is 1. The van der Waals surface area contributed by atoms with Gasteiger partial charge in [-0.3, -0.25) is 19.9 Å². The number of carbonyl (C=O) groups is 1. The number of non-ortho nitro benzene ring substituents is 1. The highest BCUT2D eigenvalue weighted by Gasteiger charge is 2.29. The molecule has 0 spiro atoms. The van der Waals surface area contributed by atoms with Crippen LogP contribution in [0.25, 0.3) is 10.9 Å². The van der Waals surface area contributed by atoms with Gasteiger partial charge in [-0.1, -0.05) is 12.1 Å². The zero-order valence-electron chi connectivity index (χ0n) is 13.0. The zero-order valence-corrected chi connectivity index (χ0v) is 13.0. The maximum atomic E-state index is 12.9. The number of nitrogens with zero attached hydrogens (tertiary/aromatic N) is 3. The molecule has 1 aromatic heterocycles. The molecule has 1 aliphatic rings. The van der Waals surface area contributed by atoms with E-state index in [9.17, 15) is 20.0 Å². The lowest BCUT2D eigenvalue weighted by molar-refractivity contribution is -0.384. The van der Waals surface area contributed by atoms with E-state index in [2.05, 4.69) is 4.98 Å². The maximum Gasteiger partial charge on any atom is 0.269 e. The summed E-state index contributed by atoms with van der Waals surface area (Å²) in [6.45, 7) is 0.412. The molecule has 1 aliphatic heterocycles.